The standard InChI is InChI=1S/C11H9FN2OS2/c12-9-3-1-8(2-4-9)5-10(15)6-16-11-13-7-14-17-11/h1-4,7H,5-6H2. The molecule has 6 heteroatoms. The van der Waals surface area contributed by atoms with E-state index in [2.05, 4.69) is 9.36 Å². The number of hydrogen-bond acceptors (Lipinski definition) is 5. The molecule has 0 bridgehead atoms. The summed E-state index contributed by atoms with van der Waals surface area (Å²) in [6.07, 6.45) is 1.80. The lowest BCUT2D eigenvalue weighted by Gasteiger charge is -1.99. The van der Waals surface area contributed by atoms with E-state index in [1.54, 1.807) is 12.1 Å². The minimum atomic E-state index is -0.288. The van der Waals surface area contributed by atoms with Crippen molar-refractivity contribution >= 4 is 29.1 Å². The molecule has 0 radical (unpaired) electrons. The van der Waals surface area contributed by atoms with Crippen LogP contribution in [0.15, 0.2) is 34.9 Å². The van der Waals surface area contributed by atoms with E-state index in [-0.39, 0.29) is 11.6 Å². The van der Waals surface area contributed by atoms with E-state index in [4.69, 9.17) is 0 Å². The molecule has 0 fully saturated rings. The maximum atomic E-state index is 12.7. The summed E-state index contributed by atoms with van der Waals surface area (Å²) in [5.41, 5.74) is 0.828. The Kier molecular flexibility index (Phi) is 4.22. The normalized spacial score (nSPS) is 10.4. The molecule has 0 unspecified atom stereocenters. The summed E-state index contributed by atoms with van der Waals surface area (Å²) >= 11 is 2.65. The quantitative estimate of drug-likeness (QED) is 0.782. The first-order chi connectivity index (χ1) is 8.24. The summed E-state index contributed by atoms with van der Waals surface area (Å²) in [6.45, 7) is 0. The highest BCUT2D eigenvalue weighted by Gasteiger charge is 2.06. The molecule has 1 aromatic heterocycles. The number of halogens is 1. The van der Waals surface area contributed by atoms with Gasteiger partial charge in [-0.3, -0.25) is 4.79 Å². The van der Waals surface area contributed by atoms with Gasteiger partial charge in [0.15, 0.2) is 4.34 Å². The van der Waals surface area contributed by atoms with Gasteiger partial charge < -0.3 is 0 Å². The SMILES string of the molecule is O=C(CSc1ncns1)Cc1ccc(F)cc1. The van der Waals surface area contributed by atoms with Gasteiger partial charge in [0.2, 0.25) is 0 Å². The zero-order chi connectivity index (χ0) is 12.1. The molecule has 17 heavy (non-hydrogen) atoms. The van der Waals surface area contributed by atoms with Crippen LogP contribution >= 0.6 is 23.3 Å². The number of thioether (sulfide) groups is 1. The van der Waals surface area contributed by atoms with E-state index < -0.39 is 0 Å². The molecule has 0 amide bonds. The summed E-state index contributed by atoms with van der Waals surface area (Å²) in [6, 6.07) is 5.98. The van der Waals surface area contributed by atoms with Crippen molar-refractivity contribution in [3.05, 3.63) is 42.0 Å². The molecule has 0 N–H and O–H groups in total. The Morgan fingerprint density at radius 3 is 2.76 bits per heavy atom. The third-order valence-corrected chi connectivity index (χ3v) is 3.87. The zero-order valence-corrected chi connectivity index (χ0v) is 10.4. The van der Waals surface area contributed by atoms with Gasteiger partial charge in [-0.25, -0.2) is 9.37 Å². The molecule has 88 valence electrons. The Hall–Kier alpha value is -1.27. The molecule has 0 saturated heterocycles. The van der Waals surface area contributed by atoms with Crippen molar-refractivity contribution in [2.75, 3.05) is 5.75 Å². The highest BCUT2D eigenvalue weighted by molar-refractivity contribution is 8.01. The summed E-state index contributed by atoms with van der Waals surface area (Å²) in [7, 11) is 0. The van der Waals surface area contributed by atoms with E-state index in [9.17, 15) is 9.18 Å². The van der Waals surface area contributed by atoms with Gasteiger partial charge in [-0.2, -0.15) is 4.37 Å². The van der Waals surface area contributed by atoms with Crippen LogP contribution in [0.4, 0.5) is 4.39 Å². The molecule has 0 aliphatic carbocycles. The summed E-state index contributed by atoms with van der Waals surface area (Å²) in [5, 5.41) is 0. The van der Waals surface area contributed by atoms with Crippen LogP contribution in [0.3, 0.4) is 0 Å². The first kappa shape index (κ1) is 12.2. The molecule has 3 nitrogen and oxygen atoms in total. The molecule has 2 aromatic rings. The second kappa shape index (κ2) is 5.88. The number of nitrogens with zero attached hydrogens (tertiary/aromatic N) is 2. The number of benzene rings is 1. The number of ketones is 1. The van der Waals surface area contributed by atoms with Crippen LogP contribution in [-0.4, -0.2) is 20.9 Å². The first-order valence-electron chi connectivity index (χ1n) is 4.89. The van der Waals surface area contributed by atoms with Crippen LogP contribution in [0, 0.1) is 5.82 Å². The van der Waals surface area contributed by atoms with Crippen molar-refractivity contribution in [3.63, 3.8) is 0 Å². The third kappa shape index (κ3) is 3.90. The lowest BCUT2D eigenvalue weighted by atomic mass is 10.1. The fourth-order valence-electron chi connectivity index (χ4n) is 1.25. The van der Waals surface area contributed by atoms with Crippen molar-refractivity contribution in [3.8, 4) is 0 Å². The predicted molar refractivity (Wildman–Crippen MR) is 65.7 cm³/mol. The minimum Gasteiger partial charge on any atom is -0.298 e. The number of Topliss-reactive ketones (excluding diaryl/α,β-unsaturated/α-hetero) is 1. The highest BCUT2D eigenvalue weighted by Crippen LogP contribution is 2.18. The topological polar surface area (TPSA) is 42.9 Å². The van der Waals surface area contributed by atoms with Crippen LogP contribution < -0.4 is 0 Å². The van der Waals surface area contributed by atoms with Crippen molar-refractivity contribution in [1.29, 1.82) is 0 Å². The molecule has 0 aliphatic heterocycles. The molecular formula is C11H9FN2OS2. The van der Waals surface area contributed by atoms with Gasteiger partial charge in [-0.15, -0.1) is 0 Å². The molecule has 2 rings (SSSR count). The highest BCUT2D eigenvalue weighted by atomic mass is 32.2. The molecule has 0 spiro atoms. The van der Waals surface area contributed by atoms with Gasteiger partial charge in [-0.1, -0.05) is 23.9 Å². The molecule has 1 aromatic carbocycles. The van der Waals surface area contributed by atoms with E-state index >= 15 is 0 Å². The molecule has 0 saturated carbocycles. The van der Waals surface area contributed by atoms with Crippen LogP contribution in [0.5, 0.6) is 0 Å². The second-order valence-electron chi connectivity index (χ2n) is 3.34. The second-order valence-corrected chi connectivity index (χ2v) is 5.34. The Morgan fingerprint density at radius 1 is 1.35 bits per heavy atom. The Morgan fingerprint density at radius 2 is 2.12 bits per heavy atom. The fourth-order valence-corrected chi connectivity index (χ4v) is 2.55. The van der Waals surface area contributed by atoms with Crippen molar-refractivity contribution in [2.24, 2.45) is 0 Å². The number of carbonyl (C=O) groups is 1. The third-order valence-electron chi connectivity index (χ3n) is 2.01. The Bertz CT molecular complexity index is 485. The van der Waals surface area contributed by atoms with E-state index in [0.29, 0.717) is 12.2 Å². The summed E-state index contributed by atoms with van der Waals surface area (Å²) in [5.74, 6) is 0.174. The monoisotopic (exact) mass is 268 g/mol. The van der Waals surface area contributed by atoms with E-state index in [1.165, 1.54) is 41.8 Å². The minimum absolute atomic E-state index is 0.0943. The molecule has 0 aliphatic rings. The Labute approximate surface area is 106 Å². The van der Waals surface area contributed by atoms with Gasteiger partial charge in [0.1, 0.15) is 17.9 Å². The van der Waals surface area contributed by atoms with Crippen molar-refractivity contribution in [1.82, 2.24) is 9.36 Å². The van der Waals surface area contributed by atoms with Gasteiger partial charge in [0.05, 0.1) is 5.75 Å². The average Bonchev–Trinajstić information content (AvgIpc) is 2.83. The van der Waals surface area contributed by atoms with E-state index in [1.807, 2.05) is 0 Å². The molecule has 0 atom stereocenters. The fraction of sp³-hybridized carbons (Fsp3) is 0.182. The van der Waals surface area contributed by atoms with Crippen molar-refractivity contribution < 1.29 is 9.18 Å². The summed E-state index contributed by atoms with van der Waals surface area (Å²) < 4.78 is 17.3. The van der Waals surface area contributed by atoms with Crippen LogP contribution in [-0.2, 0) is 11.2 Å². The number of hydrogen-bond donors (Lipinski definition) is 0. The first-order valence-corrected chi connectivity index (χ1v) is 6.65. The Balaban J connectivity index is 1.83. The predicted octanol–water partition coefficient (Wildman–Crippen LogP) is 2.58. The smallest absolute Gasteiger partial charge is 0.170 e. The number of carbonyl (C=O) groups excluding carboxylic acids is 1. The lowest BCUT2D eigenvalue weighted by Crippen LogP contribution is -2.05. The average molecular weight is 268 g/mol. The lowest BCUT2D eigenvalue weighted by molar-refractivity contribution is -0.116. The molecule has 1 heterocycles. The largest absolute Gasteiger partial charge is 0.298 e. The molecular weight excluding hydrogens is 259 g/mol. The zero-order valence-electron chi connectivity index (χ0n) is 8.80. The number of aromatic nitrogens is 2. The summed E-state index contributed by atoms with van der Waals surface area (Å²) in [4.78, 5) is 15.6. The van der Waals surface area contributed by atoms with Crippen LogP contribution in [0.25, 0.3) is 0 Å². The van der Waals surface area contributed by atoms with Gasteiger partial charge in [-0.05, 0) is 29.2 Å². The van der Waals surface area contributed by atoms with Gasteiger partial charge >= 0.3 is 0 Å². The van der Waals surface area contributed by atoms with Crippen LogP contribution in [0.1, 0.15) is 5.56 Å². The maximum absolute atomic E-state index is 12.7. The van der Waals surface area contributed by atoms with Crippen LogP contribution in [0.2, 0.25) is 0 Å². The van der Waals surface area contributed by atoms with Crippen molar-refractivity contribution in [2.45, 2.75) is 10.8 Å². The van der Waals surface area contributed by atoms with Gasteiger partial charge in [0, 0.05) is 6.42 Å². The van der Waals surface area contributed by atoms with Gasteiger partial charge in [0.25, 0.3) is 0 Å². The van der Waals surface area contributed by atoms with E-state index in [0.717, 1.165) is 9.90 Å². The number of rotatable bonds is 5. The maximum Gasteiger partial charge on any atom is 0.170 e.